The van der Waals surface area contributed by atoms with Gasteiger partial charge in [0.2, 0.25) is 0 Å². The minimum atomic E-state index is 0. The molecule has 1 aliphatic rings. The fraction of sp³-hybridized carbons (Fsp3) is 0.562. The third-order valence-electron chi connectivity index (χ3n) is 3.64. The normalized spacial score (nSPS) is 15.4. The van der Waals surface area contributed by atoms with Gasteiger partial charge < -0.3 is 15.4 Å². The van der Waals surface area contributed by atoms with Crippen LogP contribution in [0.2, 0.25) is 0 Å². The second kappa shape index (κ2) is 9.87. The maximum atomic E-state index is 5.36. The van der Waals surface area contributed by atoms with Crippen molar-refractivity contribution in [2.75, 3.05) is 13.7 Å². The van der Waals surface area contributed by atoms with Crippen molar-refractivity contribution in [2.24, 2.45) is 4.99 Å². The molecule has 0 bridgehead atoms. The molecular weight excluding hydrogens is 377 g/mol. The van der Waals surface area contributed by atoms with Crippen LogP contribution in [0, 0.1) is 0 Å². The first kappa shape index (κ1) is 18.1. The van der Waals surface area contributed by atoms with Crippen LogP contribution >= 0.6 is 24.0 Å². The number of hydrogen-bond acceptors (Lipinski definition) is 2. The fourth-order valence-electron chi connectivity index (χ4n) is 2.58. The molecule has 0 aromatic heterocycles. The Morgan fingerprint density at radius 3 is 2.67 bits per heavy atom. The zero-order valence-corrected chi connectivity index (χ0v) is 15.2. The monoisotopic (exact) mass is 403 g/mol. The van der Waals surface area contributed by atoms with Gasteiger partial charge in [0.1, 0.15) is 5.75 Å². The van der Waals surface area contributed by atoms with Crippen molar-refractivity contribution in [3.05, 3.63) is 29.8 Å². The lowest BCUT2D eigenvalue weighted by Gasteiger charge is -2.16. The zero-order valence-electron chi connectivity index (χ0n) is 12.9. The molecule has 1 aromatic rings. The van der Waals surface area contributed by atoms with Gasteiger partial charge in [0.15, 0.2) is 5.96 Å². The van der Waals surface area contributed by atoms with Crippen molar-refractivity contribution in [2.45, 2.75) is 45.2 Å². The molecule has 1 saturated carbocycles. The smallest absolute Gasteiger partial charge is 0.191 e. The Balaban J connectivity index is 0.00000220. The van der Waals surface area contributed by atoms with Crippen LogP contribution < -0.4 is 15.4 Å². The molecule has 4 nitrogen and oxygen atoms in total. The number of nitrogens with one attached hydrogen (secondary N) is 2. The minimum Gasteiger partial charge on any atom is -0.496 e. The molecule has 0 radical (unpaired) electrons. The average molecular weight is 403 g/mol. The van der Waals surface area contributed by atoms with Crippen molar-refractivity contribution >= 4 is 29.9 Å². The molecule has 0 heterocycles. The third kappa shape index (κ3) is 5.73. The summed E-state index contributed by atoms with van der Waals surface area (Å²) in [7, 11) is 1.70. The maximum absolute atomic E-state index is 5.36. The summed E-state index contributed by atoms with van der Waals surface area (Å²) >= 11 is 0. The molecule has 0 unspecified atom stereocenters. The van der Waals surface area contributed by atoms with Gasteiger partial charge in [-0.3, -0.25) is 0 Å². The Morgan fingerprint density at radius 1 is 1.29 bits per heavy atom. The van der Waals surface area contributed by atoms with Crippen LogP contribution in [0.15, 0.2) is 29.3 Å². The Kier molecular flexibility index (Phi) is 8.49. The summed E-state index contributed by atoms with van der Waals surface area (Å²) in [5.41, 5.74) is 1.11. The topological polar surface area (TPSA) is 45.7 Å². The predicted octanol–water partition coefficient (Wildman–Crippen LogP) is 3.31. The molecule has 2 rings (SSSR count). The summed E-state index contributed by atoms with van der Waals surface area (Å²) < 4.78 is 5.36. The summed E-state index contributed by atoms with van der Waals surface area (Å²) in [4.78, 5) is 4.67. The van der Waals surface area contributed by atoms with Gasteiger partial charge in [-0.25, -0.2) is 4.99 Å². The number of hydrogen-bond donors (Lipinski definition) is 2. The van der Waals surface area contributed by atoms with Crippen molar-refractivity contribution in [1.29, 1.82) is 0 Å². The average Bonchev–Trinajstić information content (AvgIpc) is 2.98. The fourth-order valence-corrected chi connectivity index (χ4v) is 2.58. The largest absolute Gasteiger partial charge is 0.496 e. The van der Waals surface area contributed by atoms with E-state index in [1.165, 1.54) is 25.7 Å². The van der Waals surface area contributed by atoms with E-state index in [9.17, 15) is 0 Å². The molecule has 21 heavy (non-hydrogen) atoms. The van der Waals surface area contributed by atoms with Gasteiger partial charge in [0.05, 0.1) is 13.7 Å². The Bertz CT molecular complexity index is 445. The number of benzene rings is 1. The van der Waals surface area contributed by atoms with E-state index in [0.717, 1.165) is 23.8 Å². The molecule has 0 spiro atoms. The Labute approximate surface area is 144 Å². The standard InChI is InChI=1S/C16H25N3O.HI/c1-3-17-16(19-14-9-5-6-10-14)18-12-13-8-4-7-11-15(13)20-2;/h4,7-8,11,14H,3,5-6,9-10,12H2,1-2H3,(H2,17,18,19);1H. The lowest BCUT2D eigenvalue weighted by molar-refractivity contribution is 0.410. The molecule has 1 aromatic carbocycles. The number of rotatable bonds is 5. The highest BCUT2D eigenvalue weighted by Crippen LogP contribution is 2.19. The highest BCUT2D eigenvalue weighted by molar-refractivity contribution is 14.0. The molecule has 0 atom stereocenters. The molecule has 5 heteroatoms. The molecule has 0 saturated heterocycles. The SMILES string of the molecule is CCNC(=NCc1ccccc1OC)NC1CCCC1.I. The van der Waals surface area contributed by atoms with E-state index in [1.54, 1.807) is 7.11 Å². The molecule has 1 aliphatic carbocycles. The summed E-state index contributed by atoms with van der Waals surface area (Å²) in [5, 5.41) is 6.84. The lowest BCUT2D eigenvalue weighted by Crippen LogP contribution is -2.42. The van der Waals surface area contributed by atoms with Crippen molar-refractivity contribution < 1.29 is 4.74 Å². The Morgan fingerprint density at radius 2 is 2.00 bits per heavy atom. The first-order valence-corrected chi connectivity index (χ1v) is 7.50. The minimum absolute atomic E-state index is 0. The number of aliphatic imine (C=N–C) groups is 1. The van der Waals surface area contributed by atoms with Crippen LogP contribution in [0.4, 0.5) is 0 Å². The summed E-state index contributed by atoms with van der Waals surface area (Å²) in [5.74, 6) is 1.80. The number of halogens is 1. The van der Waals surface area contributed by atoms with Gasteiger partial charge in [-0.2, -0.15) is 0 Å². The van der Waals surface area contributed by atoms with E-state index in [1.807, 2.05) is 18.2 Å². The van der Waals surface area contributed by atoms with Crippen molar-refractivity contribution in [3.63, 3.8) is 0 Å². The first-order valence-electron chi connectivity index (χ1n) is 7.50. The second-order valence-electron chi connectivity index (χ2n) is 5.13. The summed E-state index contributed by atoms with van der Waals surface area (Å²) in [6.07, 6.45) is 5.14. The summed E-state index contributed by atoms with van der Waals surface area (Å²) in [6, 6.07) is 8.60. The van der Waals surface area contributed by atoms with Gasteiger partial charge in [-0.15, -0.1) is 24.0 Å². The van der Waals surface area contributed by atoms with Crippen LogP contribution in [0.5, 0.6) is 5.75 Å². The van der Waals surface area contributed by atoms with E-state index in [2.05, 4.69) is 28.6 Å². The van der Waals surface area contributed by atoms with Gasteiger partial charge in [-0.1, -0.05) is 31.0 Å². The van der Waals surface area contributed by atoms with Crippen LogP contribution in [-0.4, -0.2) is 25.7 Å². The van der Waals surface area contributed by atoms with Gasteiger partial charge in [-0.05, 0) is 25.8 Å². The highest BCUT2D eigenvalue weighted by atomic mass is 127. The predicted molar refractivity (Wildman–Crippen MR) is 98.6 cm³/mol. The quantitative estimate of drug-likeness (QED) is 0.451. The van der Waals surface area contributed by atoms with Gasteiger partial charge >= 0.3 is 0 Å². The molecule has 0 amide bonds. The van der Waals surface area contributed by atoms with E-state index in [4.69, 9.17) is 4.74 Å². The van der Waals surface area contributed by atoms with E-state index in [0.29, 0.717) is 12.6 Å². The van der Waals surface area contributed by atoms with Gasteiger partial charge in [0, 0.05) is 18.2 Å². The number of nitrogens with zero attached hydrogens (tertiary/aromatic N) is 1. The number of ether oxygens (including phenoxy) is 1. The molecule has 1 fully saturated rings. The molecule has 2 N–H and O–H groups in total. The van der Waals surface area contributed by atoms with Crippen LogP contribution in [0.1, 0.15) is 38.2 Å². The molecule has 0 aliphatic heterocycles. The molecule has 118 valence electrons. The van der Waals surface area contributed by atoms with Gasteiger partial charge in [0.25, 0.3) is 0 Å². The Hall–Kier alpha value is -0.980. The zero-order chi connectivity index (χ0) is 14.2. The second-order valence-corrected chi connectivity index (χ2v) is 5.13. The molecular formula is C16H26IN3O. The lowest BCUT2D eigenvalue weighted by atomic mass is 10.2. The maximum Gasteiger partial charge on any atom is 0.191 e. The third-order valence-corrected chi connectivity index (χ3v) is 3.64. The van der Waals surface area contributed by atoms with E-state index >= 15 is 0 Å². The van der Waals surface area contributed by atoms with Crippen LogP contribution in [0.3, 0.4) is 0 Å². The number of guanidine groups is 1. The van der Waals surface area contributed by atoms with Crippen LogP contribution in [0.25, 0.3) is 0 Å². The summed E-state index contributed by atoms with van der Waals surface area (Å²) in [6.45, 7) is 3.60. The van der Waals surface area contributed by atoms with Crippen molar-refractivity contribution in [1.82, 2.24) is 10.6 Å². The number of methoxy groups -OCH3 is 1. The van der Waals surface area contributed by atoms with E-state index in [-0.39, 0.29) is 24.0 Å². The van der Waals surface area contributed by atoms with E-state index < -0.39 is 0 Å². The number of para-hydroxylation sites is 1. The first-order chi connectivity index (χ1) is 9.83. The van der Waals surface area contributed by atoms with Crippen molar-refractivity contribution in [3.8, 4) is 5.75 Å². The highest BCUT2D eigenvalue weighted by Gasteiger charge is 2.15. The van der Waals surface area contributed by atoms with Crippen LogP contribution in [-0.2, 0) is 6.54 Å².